The summed E-state index contributed by atoms with van der Waals surface area (Å²) in [6, 6.07) is 4.25. The molecule has 88 valence electrons. The maximum atomic E-state index is 5.72. The SMILES string of the molecule is COc1cc(C2(CCN)CCC2)cc(C)n1. The second-order valence-electron chi connectivity index (χ2n) is 4.71. The Morgan fingerprint density at radius 3 is 2.69 bits per heavy atom. The molecule has 1 aromatic rings. The highest BCUT2D eigenvalue weighted by molar-refractivity contribution is 5.33. The maximum absolute atomic E-state index is 5.72. The van der Waals surface area contributed by atoms with E-state index in [4.69, 9.17) is 10.5 Å². The first-order valence-corrected chi connectivity index (χ1v) is 5.93. The van der Waals surface area contributed by atoms with Gasteiger partial charge < -0.3 is 10.5 Å². The zero-order chi connectivity index (χ0) is 11.6. The summed E-state index contributed by atoms with van der Waals surface area (Å²) in [5.74, 6) is 0.721. The van der Waals surface area contributed by atoms with Crippen LogP contribution in [0.1, 0.15) is 36.9 Å². The highest BCUT2D eigenvalue weighted by Crippen LogP contribution is 2.46. The summed E-state index contributed by atoms with van der Waals surface area (Å²) in [5, 5.41) is 0. The van der Waals surface area contributed by atoms with E-state index in [9.17, 15) is 0 Å². The molecule has 1 aromatic heterocycles. The minimum Gasteiger partial charge on any atom is -0.481 e. The second-order valence-corrected chi connectivity index (χ2v) is 4.71. The van der Waals surface area contributed by atoms with Crippen molar-refractivity contribution in [1.29, 1.82) is 0 Å². The Bertz CT molecular complexity index is 372. The Morgan fingerprint density at radius 1 is 1.44 bits per heavy atom. The fourth-order valence-electron chi connectivity index (χ4n) is 2.61. The predicted molar refractivity (Wildman–Crippen MR) is 64.7 cm³/mol. The van der Waals surface area contributed by atoms with Gasteiger partial charge in [-0.3, -0.25) is 0 Å². The third-order valence-corrected chi connectivity index (χ3v) is 3.68. The van der Waals surface area contributed by atoms with Crippen molar-refractivity contribution in [3.05, 3.63) is 23.4 Å². The molecule has 0 radical (unpaired) electrons. The molecule has 3 heteroatoms. The van der Waals surface area contributed by atoms with Gasteiger partial charge in [0.2, 0.25) is 5.88 Å². The van der Waals surface area contributed by atoms with E-state index in [0.717, 1.165) is 24.5 Å². The Kier molecular flexibility index (Phi) is 3.15. The van der Waals surface area contributed by atoms with Crippen LogP contribution in [-0.2, 0) is 5.41 Å². The molecule has 0 saturated heterocycles. The van der Waals surface area contributed by atoms with Crippen molar-refractivity contribution in [1.82, 2.24) is 4.98 Å². The normalized spacial score (nSPS) is 17.9. The van der Waals surface area contributed by atoms with Gasteiger partial charge in [-0.05, 0) is 49.8 Å². The van der Waals surface area contributed by atoms with Gasteiger partial charge in [0, 0.05) is 11.8 Å². The number of ether oxygens (including phenoxy) is 1. The Balaban J connectivity index is 2.34. The summed E-state index contributed by atoms with van der Waals surface area (Å²) in [5.41, 5.74) is 8.41. The van der Waals surface area contributed by atoms with Gasteiger partial charge in [-0.2, -0.15) is 0 Å². The average molecular weight is 220 g/mol. The maximum Gasteiger partial charge on any atom is 0.213 e. The van der Waals surface area contributed by atoms with Crippen LogP contribution in [0.25, 0.3) is 0 Å². The van der Waals surface area contributed by atoms with E-state index in [1.807, 2.05) is 6.92 Å². The Labute approximate surface area is 97.0 Å². The number of hydrogen-bond donors (Lipinski definition) is 1. The number of nitrogens with zero attached hydrogens (tertiary/aromatic N) is 1. The van der Waals surface area contributed by atoms with Crippen molar-refractivity contribution in [2.45, 2.75) is 38.0 Å². The van der Waals surface area contributed by atoms with Crippen molar-refractivity contribution < 1.29 is 4.74 Å². The van der Waals surface area contributed by atoms with E-state index < -0.39 is 0 Å². The zero-order valence-electron chi connectivity index (χ0n) is 10.1. The van der Waals surface area contributed by atoms with Gasteiger partial charge in [-0.1, -0.05) is 6.42 Å². The molecular formula is C13H20N2O. The monoisotopic (exact) mass is 220 g/mol. The first kappa shape index (κ1) is 11.4. The number of pyridine rings is 1. The second kappa shape index (κ2) is 4.42. The molecule has 3 nitrogen and oxygen atoms in total. The van der Waals surface area contributed by atoms with Gasteiger partial charge in [0.1, 0.15) is 0 Å². The molecule has 1 saturated carbocycles. The summed E-state index contributed by atoms with van der Waals surface area (Å²) in [6.07, 6.45) is 4.87. The number of aryl methyl sites for hydroxylation is 1. The molecule has 0 atom stereocenters. The number of rotatable bonds is 4. The molecule has 0 amide bonds. The largest absolute Gasteiger partial charge is 0.481 e. The highest BCUT2D eigenvalue weighted by atomic mass is 16.5. The molecule has 0 bridgehead atoms. The molecule has 1 heterocycles. The minimum absolute atomic E-state index is 0.301. The van der Waals surface area contributed by atoms with Gasteiger partial charge in [0.15, 0.2) is 0 Å². The number of nitrogens with two attached hydrogens (primary N) is 1. The molecule has 16 heavy (non-hydrogen) atoms. The standard InChI is InChI=1S/C13H20N2O/c1-10-8-11(9-12(15-10)16-2)13(6-7-14)4-3-5-13/h8-9H,3-7,14H2,1-2H3. The molecule has 1 aliphatic carbocycles. The predicted octanol–water partition coefficient (Wildman–Crippen LogP) is 2.17. The lowest BCUT2D eigenvalue weighted by Crippen LogP contribution is -2.36. The van der Waals surface area contributed by atoms with Crippen LogP contribution in [-0.4, -0.2) is 18.6 Å². The van der Waals surface area contributed by atoms with Crippen molar-refractivity contribution in [2.75, 3.05) is 13.7 Å². The molecule has 1 aliphatic rings. The van der Waals surface area contributed by atoms with Gasteiger partial charge in [0.05, 0.1) is 7.11 Å². The summed E-state index contributed by atoms with van der Waals surface area (Å²) in [6.45, 7) is 2.77. The van der Waals surface area contributed by atoms with E-state index >= 15 is 0 Å². The molecular weight excluding hydrogens is 200 g/mol. The van der Waals surface area contributed by atoms with E-state index in [1.165, 1.54) is 24.8 Å². The average Bonchev–Trinajstić information content (AvgIpc) is 2.22. The summed E-state index contributed by atoms with van der Waals surface area (Å²) < 4.78 is 5.24. The third kappa shape index (κ3) is 1.92. The highest BCUT2D eigenvalue weighted by Gasteiger charge is 2.38. The number of aromatic nitrogens is 1. The van der Waals surface area contributed by atoms with Gasteiger partial charge in [-0.25, -0.2) is 4.98 Å². The number of hydrogen-bond acceptors (Lipinski definition) is 3. The van der Waals surface area contributed by atoms with Crippen molar-refractivity contribution >= 4 is 0 Å². The van der Waals surface area contributed by atoms with E-state index in [1.54, 1.807) is 7.11 Å². The lowest BCUT2D eigenvalue weighted by atomic mass is 9.62. The van der Waals surface area contributed by atoms with E-state index in [2.05, 4.69) is 17.1 Å². The summed E-state index contributed by atoms with van der Waals surface area (Å²) in [4.78, 5) is 4.33. The van der Waals surface area contributed by atoms with Crippen LogP contribution in [0.4, 0.5) is 0 Å². The van der Waals surface area contributed by atoms with Crippen LogP contribution in [0.2, 0.25) is 0 Å². The quantitative estimate of drug-likeness (QED) is 0.846. The molecule has 2 rings (SSSR count). The number of methoxy groups -OCH3 is 1. The topological polar surface area (TPSA) is 48.1 Å². The van der Waals surface area contributed by atoms with E-state index in [0.29, 0.717) is 5.41 Å². The Morgan fingerprint density at radius 2 is 2.19 bits per heavy atom. The fraction of sp³-hybridized carbons (Fsp3) is 0.615. The first-order valence-electron chi connectivity index (χ1n) is 5.93. The van der Waals surface area contributed by atoms with Crippen LogP contribution in [0.3, 0.4) is 0 Å². The smallest absolute Gasteiger partial charge is 0.213 e. The van der Waals surface area contributed by atoms with Crippen molar-refractivity contribution in [3.63, 3.8) is 0 Å². The molecule has 0 aromatic carbocycles. The molecule has 0 aliphatic heterocycles. The fourth-order valence-corrected chi connectivity index (χ4v) is 2.61. The van der Waals surface area contributed by atoms with Crippen LogP contribution in [0, 0.1) is 6.92 Å². The minimum atomic E-state index is 0.301. The lowest BCUT2D eigenvalue weighted by Gasteiger charge is -2.42. The Hall–Kier alpha value is -1.09. The van der Waals surface area contributed by atoms with Gasteiger partial charge in [-0.15, -0.1) is 0 Å². The molecule has 0 spiro atoms. The summed E-state index contributed by atoms with van der Waals surface area (Å²) >= 11 is 0. The van der Waals surface area contributed by atoms with Crippen LogP contribution >= 0.6 is 0 Å². The van der Waals surface area contributed by atoms with Crippen molar-refractivity contribution in [2.24, 2.45) is 5.73 Å². The summed E-state index contributed by atoms with van der Waals surface area (Å²) in [7, 11) is 1.67. The third-order valence-electron chi connectivity index (χ3n) is 3.68. The van der Waals surface area contributed by atoms with Crippen LogP contribution < -0.4 is 10.5 Å². The zero-order valence-corrected chi connectivity index (χ0v) is 10.1. The van der Waals surface area contributed by atoms with Gasteiger partial charge >= 0.3 is 0 Å². The molecule has 1 fully saturated rings. The van der Waals surface area contributed by atoms with Gasteiger partial charge in [0.25, 0.3) is 0 Å². The van der Waals surface area contributed by atoms with Crippen LogP contribution in [0.5, 0.6) is 5.88 Å². The van der Waals surface area contributed by atoms with E-state index in [-0.39, 0.29) is 0 Å². The first-order chi connectivity index (χ1) is 7.70. The van der Waals surface area contributed by atoms with Crippen LogP contribution in [0.15, 0.2) is 12.1 Å². The lowest BCUT2D eigenvalue weighted by molar-refractivity contribution is 0.228. The molecule has 2 N–H and O–H groups in total. The van der Waals surface area contributed by atoms with Crippen molar-refractivity contribution in [3.8, 4) is 5.88 Å². The molecule has 0 unspecified atom stereocenters.